The Bertz CT molecular complexity index is 734. The van der Waals surface area contributed by atoms with Gasteiger partial charge in [-0.3, -0.25) is 9.59 Å². The zero-order chi connectivity index (χ0) is 16.2. The summed E-state index contributed by atoms with van der Waals surface area (Å²) in [6.07, 6.45) is 3.20. The monoisotopic (exact) mass is 308 g/mol. The molecule has 23 heavy (non-hydrogen) atoms. The van der Waals surface area contributed by atoms with Gasteiger partial charge in [-0.2, -0.15) is 0 Å². The van der Waals surface area contributed by atoms with Crippen molar-refractivity contribution < 1.29 is 9.59 Å². The summed E-state index contributed by atoms with van der Waals surface area (Å²) < 4.78 is 0. The molecule has 0 unspecified atom stereocenters. The molecule has 0 aromatic heterocycles. The van der Waals surface area contributed by atoms with E-state index in [0.717, 1.165) is 32.4 Å². The van der Waals surface area contributed by atoms with Crippen molar-refractivity contribution in [3.05, 3.63) is 65.2 Å². The van der Waals surface area contributed by atoms with E-state index in [1.54, 1.807) is 48.5 Å². The first-order valence-corrected chi connectivity index (χ1v) is 7.96. The summed E-state index contributed by atoms with van der Waals surface area (Å²) in [5, 5.41) is 0. The second-order valence-electron chi connectivity index (χ2n) is 5.81. The topological polar surface area (TPSA) is 63.4 Å². The maximum Gasteiger partial charge on any atom is 0.254 e. The molecule has 0 bridgehead atoms. The highest BCUT2D eigenvalue weighted by Crippen LogP contribution is 2.21. The molecule has 2 aromatic rings. The van der Waals surface area contributed by atoms with Crippen LogP contribution in [0, 0.1) is 0 Å². The molecule has 0 aliphatic carbocycles. The van der Waals surface area contributed by atoms with Crippen LogP contribution in [0.2, 0.25) is 0 Å². The summed E-state index contributed by atoms with van der Waals surface area (Å²) in [5.74, 6) is -0.271. The second-order valence-corrected chi connectivity index (χ2v) is 5.81. The fourth-order valence-electron chi connectivity index (χ4n) is 2.98. The number of likely N-dealkylation sites (tertiary alicyclic amines) is 1. The fourth-order valence-corrected chi connectivity index (χ4v) is 2.98. The third-order valence-corrected chi connectivity index (χ3v) is 4.25. The molecule has 118 valence electrons. The standard InChI is InChI=1S/C19H20N2O2/c20-17-11-5-4-10-16(17)18(22)14-8-2-3-9-15(14)19(23)21-12-6-1-7-13-21/h2-5,8-11H,1,6-7,12-13,20H2. The summed E-state index contributed by atoms with van der Waals surface area (Å²) in [6, 6.07) is 14.0. The van der Waals surface area contributed by atoms with Crippen LogP contribution in [0.1, 0.15) is 45.5 Å². The molecule has 0 radical (unpaired) electrons. The summed E-state index contributed by atoms with van der Waals surface area (Å²) in [5.41, 5.74) is 7.65. The summed E-state index contributed by atoms with van der Waals surface area (Å²) in [4.78, 5) is 27.4. The van der Waals surface area contributed by atoms with Crippen molar-refractivity contribution in [2.75, 3.05) is 18.8 Å². The Morgan fingerprint density at radius 1 is 0.783 bits per heavy atom. The van der Waals surface area contributed by atoms with Gasteiger partial charge < -0.3 is 10.6 Å². The number of hydrogen-bond donors (Lipinski definition) is 1. The minimum atomic E-state index is -0.205. The lowest BCUT2D eigenvalue weighted by molar-refractivity contribution is 0.0720. The zero-order valence-electron chi connectivity index (χ0n) is 13.0. The summed E-state index contributed by atoms with van der Waals surface area (Å²) >= 11 is 0. The molecule has 1 heterocycles. The minimum Gasteiger partial charge on any atom is -0.398 e. The minimum absolute atomic E-state index is 0.0665. The molecular formula is C19H20N2O2. The van der Waals surface area contributed by atoms with Crippen molar-refractivity contribution >= 4 is 17.4 Å². The van der Waals surface area contributed by atoms with Gasteiger partial charge in [0.1, 0.15) is 0 Å². The molecule has 1 aliphatic heterocycles. The lowest BCUT2D eigenvalue weighted by Crippen LogP contribution is -2.36. The van der Waals surface area contributed by atoms with Crippen LogP contribution in [0.3, 0.4) is 0 Å². The van der Waals surface area contributed by atoms with E-state index in [2.05, 4.69) is 0 Å². The number of hydrogen-bond acceptors (Lipinski definition) is 3. The Hall–Kier alpha value is -2.62. The third kappa shape index (κ3) is 3.11. The number of carbonyl (C=O) groups is 2. The lowest BCUT2D eigenvalue weighted by Gasteiger charge is -2.27. The average Bonchev–Trinajstić information content (AvgIpc) is 2.62. The normalized spacial score (nSPS) is 14.5. The van der Waals surface area contributed by atoms with Crippen molar-refractivity contribution in [2.24, 2.45) is 0 Å². The number of nitrogen functional groups attached to an aromatic ring is 1. The Kier molecular flexibility index (Phi) is 4.42. The molecule has 1 aliphatic rings. The van der Waals surface area contributed by atoms with Gasteiger partial charge in [0.2, 0.25) is 0 Å². The van der Waals surface area contributed by atoms with Crippen LogP contribution in [0.15, 0.2) is 48.5 Å². The third-order valence-electron chi connectivity index (χ3n) is 4.25. The maximum absolute atomic E-state index is 12.8. The van der Waals surface area contributed by atoms with Gasteiger partial charge >= 0.3 is 0 Å². The van der Waals surface area contributed by atoms with Gasteiger partial charge in [-0.25, -0.2) is 0 Å². The van der Waals surface area contributed by atoms with Crippen LogP contribution in [-0.4, -0.2) is 29.7 Å². The van der Waals surface area contributed by atoms with E-state index in [-0.39, 0.29) is 11.7 Å². The Balaban J connectivity index is 1.96. The lowest BCUT2D eigenvalue weighted by atomic mass is 9.96. The first-order valence-electron chi connectivity index (χ1n) is 7.96. The predicted molar refractivity (Wildman–Crippen MR) is 90.5 cm³/mol. The number of anilines is 1. The Morgan fingerprint density at radius 3 is 2.00 bits per heavy atom. The van der Waals surface area contributed by atoms with E-state index < -0.39 is 0 Å². The quantitative estimate of drug-likeness (QED) is 0.700. The van der Waals surface area contributed by atoms with Gasteiger partial charge in [0.25, 0.3) is 5.91 Å². The number of piperidine rings is 1. The smallest absolute Gasteiger partial charge is 0.254 e. The van der Waals surface area contributed by atoms with Crippen LogP contribution >= 0.6 is 0 Å². The van der Waals surface area contributed by atoms with E-state index in [4.69, 9.17) is 5.73 Å². The number of amides is 1. The van der Waals surface area contributed by atoms with Crippen LogP contribution in [-0.2, 0) is 0 Å². The Morgan fingerprint density at radius 2 is 1.35 bits per heavy atom. The van der Waals surface area contributed by atoms with Crippen molar-refractivity contribution in [2.45, 2.75) is 19.3 Å². The van der Waals surface area contributed by atoms with Crippen LogP contribution in [0.25, 0.3) is 0 Å². The Labute approximate surface area is 135 Å². The molecule has 0 spiro atoms. The average molecular weight is 308 g/mol. The summed E-state index contributed by atoms with van der Waals surface area (Å²) in [7, 11) is 0. The highest BCUT2D eigenvalue weighted by molar-refractivity contribution is 6.17. The molecule has 1 saturated heterocycles. The van der Waals surface area contributed by atoms with Crippen molar-refractivity contribution in [1.29, 1.82) is 0 Å². The van der Waals surface area contributed by atoms with Gasteiger partial charge in [0.15, 0.2) is 5.78 Å². The van der Waals surface area contributed by atoms with E-state index in [1.807, 2.05) is 4.90 Å². The largest absolute Gasteiger partial charge is 0.398 e. The molecule has 3 rings (SSSR count). The first-order chi connectivity index (χ1) is 11.2. The van der Waals surface area contributed by atoms with E-state index in [9.17, 15) is 9.59 Å². The van der Waals surface area contributed by atoms with Gasteiger partial charge in [-0.05, 0) is 37.5 Å². The number of rotatable bonds is 3. The van der Waals surface area contributed by atoms with E-state index >= 15 is 0 Å². The molecular weight excluding hydrogens is 288 g/mol. The molecule has 4 nitrogen and oxygen atoms in total. The van der Waals surface area contributed by atoms with Gasteiger partial charge in [-0.1, -0.05) is 30.3 Å². The first kappa shape index (κ1) is 15.3. The maximum atomic E-state index is 12.8. The van der Waals surface area contributed by atoms with Gasteiger partial charge in [-0.15, -0.1) is 0 Å². The fraction of sp³-hybridized carbons (Fsp3) is 0.263. The number of benzene rings is 2. The number of ketones is 1. The van der Waals surface area contributed by atoms with Crippen molar-refractivity contribution in [3.8, 4) is 0 Å². The van der Waals surface area contributed by atoms with Gasteiger partial charge in [0.05, 0.1) is 5.56 Å². The number of nitrogens with zero attached hydrogens (tertiary/aromatic N) is 1. The highest BCUT2D eigenvalue weighted by Gasteiger charge is 2.24. The molecule has 4 heteroatoms. The number of para-hydroxylation sites is 1. The number of nitrogens with two attached hydrogens (primary N) is 1. The highest BCUT2D eigenvalue weighted by atomic mass is 16.2. The zero-order valence-corrected chi connectivity index (χ0v) is 13.0. The van der Waals surface area contributed by atoms with E-state index in [0.29, 0.717) is 22.4 Å². The van der Waals surface area contributed by atoms with Crippen LogP contribution in [0.4, 0.5) is 5.69 Å². The van der Waals surface area contributed by atoms with E-state index in [1.165, 1.54) is 0 Å². The number of carbonyl (C=O) groups excluding carboxylic acids is 2. The molecule has 0 saturated carbocycles. The van der Waals surface area contributed by atoms with Crippen molar-refractivity contribution in [1.82, 2.24) is 4.90 Å². The second kappa shape index (κ2) is 6.65. The summed E-state index contributed by atoms with van der Waals surface area (Å²) in [6.45, 7) is 1.52. The van der Waals surface area contributed by atoms with Crippen LogP contribution in [0.5, 0.6) is 0 Å². The van der Waals surface area contributed by atoms with Gasteiger partial charge in [0, 0.05) is 29.9 Å². The van der Waals surface area contributed by atoms with Crippen LogP contribution < -0.4 is 5.73 Å². The SMILES string of the molecule is Nc1ccccc1C(=O)c1ccccc1C(=O)N1CCCCC1. The molecule has 0 atom stereocenters. The molecule has 1 fully saturated rings. The van der Waals surface area contributed by atoms with Crippen molar-refractivity contribution in [3.63, 3.8) is 0 Å². The molecule has 1 amide bonds. The molecule has 2 aromatic carbocycles. The molecule has 2 N–H and O–H groups in total. The predicted octanol–water partition coefficient (Wildman–Crippen LogP) is 3.13.